The van der Waals surface area contributed by atoms with E-state index in [0.717, 1.165) is 35.4 Å². The topological polar surface area (TPSA) is 40.7 Å². The summed E-state index contributed by atoms with van der Waals surface area (Å²) < 4.78 is 13.4. The summed E-state index contributed by atoms with van der Waals surface area (Å²) >= 11 is 0. The maximum Gasteiger partial charge on any atom is 0.201 e. The molecule has 100 valence electrons. The van der Waals surface area contributed by atoms with Crippen LogP contribution in [0.15, 0.2) is 42.5 Å². The van der Waals surface area contributed by atoms with Crippen molar-refractivity contribution < 1.29 is 4.39 Å². The van der Waals surface area contributed by atoms with Gasteiger partial charge in [-0.3, -0.25) is 0 Å². The Kier molecular flexibility index (Phi) is 2.49. The zero-order valence-electron chi connectivity index (χ0n) is 10.9. The van der Waals surface area contributed by atoms with Gasteiger partial charge in [0.15, 0.2) is 0 Å². The lowest BCUT2D eigenvalue weighted by molar-refractivity contribution is 0.623. The third-order valence-corrected chi connectivity index (χ3v) is 3.89. The number of anilines is 1. The monoisotopic (exact) mass is 267 g/mol. The summed E-state index contributed by atoms with van der Waals surface area (Å²) in [7, 11) is 0. The molecular weight excluding hydrogens is 253 g/mol. The quantitative estimate of drug-likeness (QED) is 0.741. The van der Waals surface area contributed by atoms with Crippen molar-refractivity contribution in [2.24, 2.45) is 0 Å². The number of hydrogen-bond donors (Lipinski definition) is 2. The molecule has 0 radical (unpaired) electrons. The normalized spacial score (nSPS) is 17.4. The SMILES string of the molecule is Fc1ccc2c(c1)C(Nc1nc3ccccc3[nH]1)CC2. The third-order valence-electron chi connectivity index (χ3n) is 3.89. The number of fused-ring (bicyclic) bond motifs is 2. The summed E-state index contributed by atoms with van der Waals surface area (Å²) in [5, 5.41) is 3.38. The predicted molar refractivity (Wildman–Crippen MR) is 77.2 cm³/mol. The summed E-state index contributed by atoms with van der Waals surface area (Å²) in [6, 6.07) is 13.1. The number of halogens is 1. The van der Waals surface area contributed by atoms with E-state index in [1.165, 1.54) is 11.6 Å². The first-order valence-corrected chi connectivity index (χ1v) is 6.79. The fourth-order valence-electron chi connectivity index (χ4n) is 2.91. The number of aromatic nitrogens is 2. The summed E-state index contributed by atoms with van der Waals surface area (Å²) in [6.45, 7) is 0. The highest BCUT2D eigenvalue weighted by Crippen LogP contribution is 2.34. The van der Waals surface area contributed by atoms with Crippen molar-refractivity contribution >= 4 is 17.0 Å². The molecule has 20 heavy (non-hydrogen) atoms. The molecule has 1 atom stereocenters. The molecule has 2 aromatic carbocycles. The van der Waals surface area contributed by atoms with Crippen molar-refractivity contribution in [1.82, 2.24) is 9.97 Å². The average Bonchev–Trinajstić information content (AvgIpc) is 3.03. The van der Waals surface area contributed by atoms with Gasteiger partial charge in [0.05, 0.1) is 17.1 Å². The lowest BCUT2D eigenvalue weighted by Crippen LogP contribution is -2.08. The summed E-state index contributed by atoms with van der Waals surface area (Å²) in [6.07, 6.45) is 1.95. The van der Waals surface area contributed by atoms with E-state index in [0.29, 0.717) is 0 Å². The van der Waals surface area contributed by atoms with Crippen LogP contribution in [0, 0.1) is 5.82 Å². The Balaban J connectivity index is 1.66. The van der Waals surface area contributed by atoms with Crippen molar-refractivity contribution in [1.29, 1.82) is 0 Å². The van der Waals surface area contributed by atoms with E-state index in [2.05, 4.69) is 15.3 Å². The molecule has 0 saturated heterocycles. The van der Waals surface area contributed by atoms with Crippen LogP contribution in [0.5, 0.6) is 0 Å². The Morgan fingerprint density at radius 1 is 1.20 bits per heavy atom. The molecule has 2 N–H and O–H groups in total. The van der Waals surface area contributed by atoms with Crippen LogP contribution in [0.2, 0.25) is 0 Å². The highest BCUT2D eigenvalue weighted by atomic mass is 19.1. The summed E-state index contributed by atoms with van der Waals surface area (Å²) in [4.78, 5) is 7.76. The van der Waals surface area contributed by atoms with Gasteiger partial charge in [-0.15, -0.1) is 0 Å². The van der Waals surface area contributed by atoms with Gasteiger partial charge in [-0.1, -0.05) is 18.2 Å². The van der Waals surface area contributed by atoms with E-state index in [9.17, 15) is 4.39 Å². The molecule has 1 aliphatic rings. The van der Waals surface area contributed by atoms with Crippen molar-refractivity contribution in [2.75, 3.05) is 5.32 Å². The van der Waals surface area contributed by atoms with Crippen molar-refractivity contribution in [3.05, 3.63) is 59.4 Å². The minimum Gasteiger partial charge on any atom is -0.349 e. The number of aryl methyl sites for hydroxylation is 1. The number of benzene rings is 2. The Hall–Kier alpha value is -2.36. The first kappa shape index (κ1) is 11.5. The maximum atomic E-state index is 13.4. The van der Waals surface area contributed by atoms with E-state index >= 15 is 0 Å². The fourth-order valence-corrected chi connectivity index (χ4v) is 2.91. The van der Waals surface area contributed by atoms with Gasteiger partial charge in [-0.05, 0) is 48.2 Å². The lowest BCUT2D eigenvalue weighted by atomic mass is 10.1. The number of H-pyrrole nitrogens is 1. The summed E-state index contributed by atoms with van der Waals surface area (Å²) in [5.74, 6) is 0.565. The van der Waals surface area contributed by atoms with Crippen LogP contribution >= 0.6 is 0 Å². The van der Waals surface area contributed by atoms with Gasteiger partial charge >= 0.3 is 0 Å². The molecule has 3 aromatic rings. The van der Waals surface area contributed by atoms with Gasteiger partial charge < -0.3 is 10.3 Å². The van der Waals surface area contributed by atoms with Crippen LogP contribution in [0.3, 0.4) is 0 Å². The van der Waals surface area contributed by atoms with Gasteiger partial charge in [-0.2, -0.15) is 0 Å². The minimum atomic E-state index is -0.179. The number of rotatable bonds is 2. The molecule has 4 rings (SSSR count). The van der Waals surface area contributed by atoms with Crippen LogP contribution in [-0.2, 0) is 6.42 Å². The molecule has 0 amide bonds. The van der Waals surface area contributed by atoms with Gasteiger partial charge in [0.1, 0.15) is 5.82 Å². The van der Waals surface area contributed by atoms with Crippen LogP contribution < -0.4 is 5.32 Å². The van der Waals surface area contributed by atoms with Crippen molar-refractivity contribution in [3.63, 3.8) is 0 Å². The first-order valence-electron chi connectivity index (χ1n) is 6.79. The molecule has 0 spiro atoms. The van der Waals surface area contributed by atoms with E-state index in [4.69, 9.17) is 0 Å². The molecule has 0 fully saturated rings. The zero-order valence-corrected chi connectivity index (χ0v) is 10.9. The molecule has 0 bridgehead atoms. The van der Waals surface area contributed by atoms with Crippen molar-refractivity contribution in [3.8, 4) is 0 Å². The second kappa shape index (κ2) is 4.34. The van der Waals surface area contributed by atoms with E-state index in [1.54, 1.807) is 6.07 Å². The largest absolute Gasteiger partial charge is 0.349 e. The van der Waals surface area contributed by atoms with Gasteiger partial charge in [0.2, 0.25) is 5.95 Å². The molecule has 1 aliphatic carbocycles. The zero-order chi connectivity index (χ0) is 13.5. The number of aromatic amines is 1. The van der Waals surface area contributed by atoms with Crippen LogP contribution in [-0.4, -0.2) is 9.97 Å². The second-order valence-corrected chi connectivity index (χ2v) is 5.18. The molecular formula is C16H14FN3. The van der Waals surface area contributed by atoms with Crippen LogP contribution in [0.25, 0.3) is 11.0 Å². The van der Waals surface area contributed by atoms with E-state index < -0.39 is 0 Å². The molecule has 0 saturated carbocycles. The predicted octanol–water partition coefficient (Wildman–Crippen LogP) is 3.80. The standard InChI is InChI=1S/C16H14FN3/c17-11-7-5-10-6-8-13(12(10)9-11)18-16-19-14-3-1-2-4-15(14)20-16/h1-5,7,9,13H,6,8H2,(H2,18,19,20). The Morgan fingerprint density at radius 2 is 2.10 bits per heavy atom. The number of hydrogen-bond acceptors (Lipinski definition) is 2. The van der Waals surface area contributed by atoms with E-state index in [1.807, 2.05) is 30.3 Å². The summed E-state index contributed by atoms with van der Waals surface area (Å²) in [5.41, 5.74) is 4.21. The van der Waals surface area contributed by atoms with Crippen LogP contribution in [0.4, 0.5) is 10.3 Å². The Morgan fingerprint density at radius 3 is 3.00 bits per heavy atom. The van der Waals surface area contributed by atoms with Gasteiger partial charge in [-0.25, -0.2) is 9.37 Å². The Bertz CT molecular complexity index is 745. The lowest BCUT2D eigenvalue weighted by Gasteiger charge is -2.13. The second-order valence-electron chi connectivity index (χ2n) is 5.18. The van der Waals surface area contributed by atoms with Gasteiger partial charge in [0, 0.05) is 0 Å². The third kappa shape index (κ3) is 1.84. The molecule has 3 nitrogen and oxygen atoms in total. The molecule has 4 heteroatoms. The number of para-hydroxylation sites is 2. The Labute approximate surface area is 115 Å². The maximum absolute atomic E-state index is 13.4. The van der Waals surface area contributed by atoms with E-state index in [-0.39, 0.29) is 11.9 Å². The van der Waals surface area contributed by atoms with Crippen molar-refractivity contribution in [2.45, 2.75) is 18.9 Å². The first-order chi connectivity index (χ1) is 9.79. The smallest absolute Gasteiger partial charge is 0.201 e. The fraction of sp³-hybridized carbons (Fsp3) is 0.188. The number of nitrogens with one attached hydrogen (secondary N) is 2. The average molecular weight is 267 g/mol. The highest BCUT2D eigenvalue weighted by molar-refractivity contribution is 5.77. The van der Waals surface area contributed by atoms with Crippen LogP contribution in [0.1, 0.15) is 23.6 Å². The van der Waals surface area contributed by atoms with Gasteiger partial charge in [0.25, 0.3) is 0 Å². The molecule has 1 unspecified atom stereocenters. The minimum absolute atomic E-state index is 0.126. The number of imidazole rings is 1. The molecule has 1 heterocycles. The highest BCUT2D eigenvalue weighted by Gasteiger charge is 2.23. The molecule has 0 aliphatic heterocycles. The number of nitrogens with zero attached hydrogens (tertiary/aromatic N) is 1. The molecule has 1 aromatic heterocycles.